The molecule has 1 aliphatic heterocycles. The van der Waals surface area contributed by atoms with Gasteiger partial charge >= 0.3 is 0 Å². The van der Waals surface area contributed by atoms with E-state index >= 15 is 0 Å². The highest BCUT2D eigenvalue weighted by atomic mass is 16.5. The zero-order valence-electron chi connectivity index (χ0n) is 14.9. The van der Waals surface area contributed by atoms with Crippen molar-refractivity contribution in [3.63, 3.8) is 0 Å². The van der Waals surface area contributed by atoms with Crippen molar-refractivity contribution in [2.45, 2.75) is 25.8 Å². The first kappa shape index (κ1) is 15.9. The molecule has 0 saturated heterocycles. The molecule has 1 aliphatic rings. The summed E-state index contributed by atoms with van der Waals surface area (Å²) < 4.78 is 11.2. The second-order valence-corrected chi connectivity index (χ2v) is 6.95. The molecule has 2 aromatic carbocycles. The van der Waals surface area contributed by atoms with Crippen LogP contribution in [0.15, 0.2) is 69.6 Å². The van der Waals surface area contributed by atoms with Gasteiger partial charge in [0.2, 0.25) is 11.7 Å². The largest absolute Gasteiger partial charge is 0.453 e. The Bertz CT molecular complexity index is 1110. The molecule has 1 amide bonds. The van der Waals surface area contributed by atoms with E-state index in [1.165, 1.54) is 5.56 Å². The predicted octanol–water partition coefficient (Wildman–Crippen LogP) is 4.61. The Kier molecular flexibility index (Phi) is 3.60. The molecule has 0 spiro atoms. The number of aromatic nitrogens is 1. The van der Waals surface area contributed by atoms with Crippen LogP contribution >= 0.6 is 0 Å². The number of hydrogen-bond acceptors (Lipinski definition) is 4. The van der Waals surface area contributed by atoms with E-state index in [9.17, 15) is 4.79 Å². The number of fused-ring (bicyclic) bond motifs is 2. The topological polar surface area (TPSA) is 59.5 Å². The Hall–Kier alpha value is -3.34. The van der Waals surface area contributed by atoms with Crippen molar-refractivity contribution in [1.82, 2.24) is 5.16 Å². The van der Waals surface area contributed by atoms with E-state index in [4.69, 9.17) is 8.94 Å². The van der Waals surface area contributed by atoms with Gasteiger partial charge in [-0.25, -0.2) is 0 Å². The summed E-state index contributed by atoms with van der Waals surface area (Å²) in [5.74, 6) is 1.17. The summed E-state index contributed by atoms with van der Waals surface area (Å²) in [6, 6.07) is 19.7. The van der Waals surface area contributed by atoms with Crippen LogP contribution in [0, 0.1) is 0 Å². The normalized spacial score (nSPS) is 16.0. The Morgan fingerprint density at radius 2 is 1.93 bits per heavy atom. The number of amides is 1. The smallest absolute Gasteiger partial charge is 0.233 e. The monoisotopic (exact) mass is 358 g/mol. The predicted molar refractivity (Wildman–Crippen MR) is 103 cm³/mol. The molecule has 0 unspecified atom stereocenters. The number of hydrogen-bond donors (Lipinski definition) is 0. The summed E-state index contributed by atoms with van der Waals surface area (Å²) in [4.78, 5) is 14.8. The van der Waals surface area contributed by atoms with E-state index in [1.807, 2.05) is 53.4 Å². The van der Waals surface area contributed by atoms with E-state index < -0.39 is 0 Å². The lowest BCUT2D eigenvalue weighted by molar-refractivity contribution is -0.118. The number of nitrogens with zero attached hydrogens (tertiary/aromatic N) is 2. The minimum atomic E-state index is 0.0249. The van der Waals surface area contributed by atoms with Crippen molar-refractivity contribution in [1.29, 1.82) is 0 Å². The van der Waals surface area contributed by atoms with E-state index in [0.29, 0.717) is 17.2 Å². The standard InChI is InChI=1S/C22H18N2O3/c1-14-10-15-6-2-4-8-18(15)24(14)22(25)13-17-12-21(27-23-17)20-11-16-7-3-5-9-19(16)26-20/h2-9,11-12,14H,10,13H2,1H3/t14-/m1/s1. The number of anilines is 1. The molecule has 0 bridgehead atoms. The summed E-state index contributed by atoms with van der Waals surface area (Å²) in [7, 11) is 0. The first-order valence-corrected chi connectivity index (χ1v) is 9.03. The molecule has 134 valence electrons. The molecule has 5 rings (SSSR count). The van der Waals surface area contributed by atoms with Crippen LogP contribution < -0.4 is 4.90 Å². The molecule has 0 aliphatic carbocycles. The van der Waals surface area contributed by atoms with Crippen LogP contribution in [-0.2, 0) is 17.6 Å². The van der Waals surface area contributed by atoms with Gasteiger partial charge in [0, 0.05) is 23.2 Å². The van der Waals surface area contributed by atoms with E-state index in [1.54, 1.807) is 6.07 Å². The molecule has 1 atom stereocenters. The van der Waals surface area contributed by atoms with Gasteiger partial charge in [-0.05, 0) is 37.1 Å². The van der Waals surface area contributed by atoms with Crippen molar-refractivity contribution < 1.29 is 13.7 Å². The van der Waals surface area contributed by atoms with Gasteiger partial charge in [-0.15, -0.1) is 0 Å². The number of carbonyl (C=O) groups is 1. The van der Waals surface area contributed by atoms with Gasteiger partial charge < -0.3 is 13.8 Å². The third-order valence-corrected chi connectivity index (χ3v) is 5.04. The van der Waals surface area contributed by atoms with Crippen molar-refractivity contribution >= 4 is 22.6 Å². The van der Waals surface area contributed by atoms with Crippen LogP contribution in [0.5, 0.6) is 0 Å². The highest BCUT2D eigenvalue weighted by Gasteiger charge is 2.31. The molecule has 0 fully saturated rings. The van der Waals surface area contributed by atoms with Crippen LogP contribution in [0.2, 0.25) is 0 Å². The van der Waals surface area contributed by atoms with E-state index in [0.717, 1.165) is 23.1 Å². The molecule has 27 heavy (non-hydrogen) atoms. The first-order chi connectivity index (χ1) is 13.2. The average molecular weight is 358 g/mol. The molecule has 0 radical (unpaired) electrons. The molecule has 4 aromatic rings. The molecule has 5 nitrogen and oxygen atoms in total. The highest BCUT2D eigenvalue weighted by molar-refractivity contribution is 5.97. The van der Waals surface area contributed by atoms with Crippen molar-refractivity contribution in [2.24, 2.45) is 0 Å². The summed E-state index contributed by atoms with van der Waals surface area (Å²) in [5.41, 5.74) is 3.61. The lowest BCUT2D eigenvalue weighted by atomic mass is 10.1. The van der Waals surface area contributed by atoms with Gasteiger partial charge in [0.15, 0.2) is 5.76 Å². The summed E-state index contributed by atoms with van der Waals surface area (Å²) in [6.07, 6.45) is 1.08. The summed E-state index contributed by atoms with van der Waals surface area (Å²) in [6.45, 7) is 2.07. The van der Waals surface area contributed by atoms with Gasteiger partial charge in [0.1, 0.15) is 5.58 Å². The van der Waals surface area contributed by atoms with Gasteiger partial charge in [-0.2, -0.15) is 0 Å². The number of rotatable bonds is 3. The summed E-state index contributed by atoms with van der Waals surface area (Å²) >= 11 is 0. The van der Waals surface area contributed by atoms with Crippen molar-refractivity contribution in [3.8, 4) is 11.5 Å². The lowest BCUT2D eigenvalue weighted by Gasteiger charge is -2.22. The number of carbonyl (C=O) groups excluding carboxylic acids is 1. The van der Waals surface area contributed by atoms with Gasteiger partial charge in [-0.3, -0.25) is 4.79 Å². The Morgan fingerprint density at radius 3 is 2.81 bits per heavy atom. The molecule has 0 N–H and O–H groups in total. The number of para-hydroxylation sites is 2. The second kappa shape index (κ2) is 6.13. The molecule has 5 heteroatoms. The maximum atomic E-state index is 12.9. The minimum absolute atomic E-state index is 0.0249. The van der Waals surface area contributed by atoms with Crippen LogP contribution in [0.4, 0.5) is 5.69 Å². The number of furan rings is 1. The Labute approximate surface area is 156 Å². The van der Waals surface area contributed by atoms with Crippen molar-refractivity contribution in [3.05, 3.63) is 71.9 Å². The van der Waals surface area contributed by atoms with Crippen LogP contribution in [0.3, 0.4) is 0 Å². The molecular weight excluding hydrogens is 340 g/mol. The van der Waals surface area contributed by atoms with E-state index in [2.05, 4.69) is 18.1 Å². The number of benzene rings is 2. The fourth-order valence-electron chi connectivity index (χ4n) is 3.80. The maximum absolute atomic E-state index is 12.9. The van der Waals surface area contributed by atoms with E-state index in [-0.39, 0.29) is 18.4 Å². The van der Waals surface area contributed by atoms with Gasteiger partial charge in [0.25, 0.3) is 0 Å². The maximum Gasteiger partial charge on any atom is 0.233 e. The lowest BCUT2D eigenvalue weighted by Crippen LogP contribution is -2.36. The second-order valence-electron chi connectivity index (χ2n) is 6.95. The fraction of sp³-hybridized carbons (Fsp3) is 0.182. The quantitative estimate of drug-likeness (QED) is 0.537. The minimum Gasteiger partial charge on any atom is -0.453 e. The Balaban J connectivity index is 1.38. The average Bonchev–Trinajstić information content (AvgIpc) is 3.36. The Morgan fingerprint density at radius 1 is 1.11 bits per heavy atom. The SMILES string of the molecule is C[C@@H]1Cc2ccccc2N1C(=O)Cc1cc(-c2cc3ccccc3o2)on1. The molecule has 2 aromatic heterocycles. The highest BCUT2D eigenvalue weighted by Crippen LogP contribution is 2.33. The fourth-order valence-corrected chi connectivity index (χ4v) is 3.80. The van der Waals surface area contributed by atoms with Crippen LogP contribution in [0.25, 0.3) is 22.5 Å². The summed E-state index contributed by atoms with van der Waals surface area (Å²) in [5, 5.41) is 5.08. The van der Waals surface area contributed by atoms with Crippen LogP contribution in [-0.4, -0.2) is 17.1 Å². The molecule has 3 heterocycles. The third-order valence-electron chi connectivity index (χ3n) is 5.04. The first-order valence-electron chi connectivity index (χ1n) is 9.03. The van der Waals surface area contributed by atoms with Gasteiger partial charge in [-0.1, -0.05) is 41.6 Å². The van der Waals surface area contributed by atoms with Crippen molar-refractivity contribution in [2.75, 3.05) is 4.90 Å². The zero-order valence-corrected chi connectivity index (χ0v) is 14.9. The molecule has 0 saturated carbocycles. The van der Waals surface area contributed by atoms with Gasteiger partial charge in [0.05, 0.1) is 12.1 Å². The molecular formula is C22H18N2O3. The van der Waals surface area contributed by atoms with Crippen LogP contribution in [0.1, 0.15) is 18.2 Å². The zero-order chi connectivity index (χ0) is 18.4. The third kappa shape index (κ3) is 2.72.